The summed E-state index contributed by atoms with van der Waals surface area (Å²) in [7, 11) is 0. The highest BCUT2D eigenvalue weighted by molar-refractivity contribution is 9.10. The van der Waals surface area contributed by atoms with Gasteiger partial charge in [0.15, 0.2) is 11.3 Å². The Bertz CT molecular complexity index is 665. The van der Waals surface area contributed by atoms with Gasteiger partial charge in [0.05, 0.1) is 6.21 Å². The van der Waals surface area contributed by atoms with E-state index in [9.17, 15) is 4.79 Å². The van der Waals surface area contributed by atoms with Gasteiger partial charge in [0, 0.05) is 0 Å². The van der Waals surface area contributed by atoms with Gasteiger partial charge in [-0.25, -0.2) is 5.43 Å². The number of nitrogens with zero attached hydrogens (tertiary/aromatic N) is 1. The Kier molecular flexibility index (Phi) is 5.16. The molecule has 1 amide bonds. The van der Waals surface area contributed by atoms with E-state index in [-0.39, 0.29) is 12.5 Å². The zero-order valence-electron chi connectivity index (χ0n) is 11.7. The van der Waals surface area contributed by atoms with Gasteiger partial charge in [-0.05, 0) is 65.2 Å². The molecule has 1 aromatic carbocycles. The molecular weight excluding hydrogens is 336 g/mol. The number of nitrogens with one attached hydrogen (secondary N) is 1. The number of aryl methyl sites for hydroxylation is 2. The predicted molar refractivity (Wildman–Crippen MR) is 83.6 cm³/mol. The summed E-state index contributed by atoms with van der Waals surface area (Å²) in [5.41, 5.74) is 4.67. The number of benzene rings is 1. The number of hydrogen-bond donors (Lipinski definition) is 1. The van der Waals surface area contributed by atoms with Crippen molar-refractivity contribution in [2.45, 2.75) is 13.8 Å². The standard InChI is InChI=1S/C15H15BrN2O3/c1-10-3-4-12(7-11(10)2)20-9-15(19)18-17-8-13-5-6-14(16)21-13/h3-8H,9H2,1-2H3,(H,18,19)/b17-8+. The topological polar surface area (TPSA) is 63.8 Å². The molecular formula is C15H15BrN2O3. The molecule has 1 aromatic heterocycles. The van der Waals surface area contributed by atoms with Gasteiger partial charge in [0.25, 0.3) is 5.91 Å². The molecule has 0 atom stereocenters. The number of rotatable bonds is 5. The maximum Gasteiger partial charge on any atom is 0.277 e. The lowest BCUT2D eigenvalue weighted by atomic mass is 10.1. The van der Waals surface area contributed by atoms with E-state index >= 15 is 0 Å². The van der Waals surface area contributed by atoms with E-state index < -0.39 is 0 Å². The van der Waals surface area contributed by atoms with Crippen molar-refractivity contribution in [1.29, 1.82) is 0 Å². The molecule has 2 rings (SSSR count). The lowest BCUT2D eigenvalue weighted by molar-refractivity contribution is -0.123. The second-order valence-electron chi connectivity index (χ2n) is 4.47. The normalized spacial score (nSPS) is 10.8. The number of carbonyl (C=O) groups is 1. The summed E-state index contributed by atoms with van der Waals surface area (Å²) in [6, 6.07) is 9.15. The highest BCUT2D eigenvalue weighted by Crippen LogP contribution is 2.16. The van der Waals surface area contributed by atoms with Crippen LogP contribution in [0.5, 0.6) is 5.75 Å². The van der Waals surface area contributed by atoms with Gasteiger partial charge >= 0.3 is 0 Å². The summed E-state index contributed by atoms with van der Waals surface area (Å²) in [5, 5.41) is 3.78. The van der Waals surface area contributed by atoms with Crippen molar-refractivity contribution in [2.75, 3.05) is 6.61 Å². The molecule has 1 N–H and O–H groups in total. The monoisotopic (exact) mass is 350 g/mol. The van der Waals surface area contributed by atoms with Crippen LogP contribution in [0.15, 0.2) is 44.5 Å². The minimum atomic E-state index is -0.338. The third kappa shape index (κ3) is 4.75. The summed E-state index contributed by atoms with van der Waals surface area (Å²) in [5.74, 6) is 0.861. The van der Waals surface area contributed by atoms with Gasteiger partial charge in [0.2, 0.25) is 0 Å². The largest absolute Gasteiger partial charge is 0.484 e. The third-order valence-corrected chi connectivity index (χ3v) is 3.25. The van der Waals surface area contributed by atoms with Crippen LogP contribution in [0.3, 0.4) is 0 Å². The minimum Gasteiger partial charge on any atom is -0.484 e. The maximum absolute atomic E-state index is 11.6. The van der Waals surface area contributed by atoms with Crippen LogP contribution in [0.2, 0.25) is 0 Å². The first-order valence-electron chi connectivity index (χ1n) is 6.32. The molecule has 0 aliphatic rings. The molecule has 1 heterocycles. The van der Waals surface area contributed by atoms with Crippen LogP contribution in [0.25, 0.3) is 0 Å². The van der Waals surface area contributed by atoms with Gasteiger partial charge in [-0.2, -0.15) is 5.10 Å². The summed E-state index contributed by atoms with van der Waals surface area (Å²) >= 11 is 3.18. The number of hydrogen-bond acceptors (Lipinski definition) is 4. The lowest BCUT2D eigenvalue weighted by Crippen LogP contribution is -2.24. The van der Waals surface area contributed by atoms with Crippen molar-refractivity contribution in [3.05, 3.63) is 51.9 Å². The van der Waals surface area contributed by atoms with Gasteiger partial charge in [-0.15, -0.1) is 0 Å². The Morgan fingerprint density at radius 1 is 1.33 bits per heavy atom. The van der Waals surface area contributed by atoms with Crippen molar-refractivity contribution in [3.8, 4) is 5.75 Å². The Hall–Kier alpha value is -2.08. The summed E-state index contributed by atoms with van der Waals surface area (Å²) in [4.78, 5) is 11.6. The Morgan fingerprint density at radius 2 is 2.14 bits per heavy atom. The fourth-order valence-corrected chi connectivity index (χ4v) is 1.87. The molecule has 0 saturated carbocycles. The first-order valence-corrected chi connectivity index (χ1v) is 7.11. The first kappa shape index (κ1) is 15.3. The number of halogens is 1. The molecule has 0 aliphatic carbocycles. The van der Waals surface area contributed by atoms with E-state index in [0.717, 1.165) is 5.56 Å². The highest BCUT2D eigenvalue weighted by Gasteiger charge is 2.03. The number of amides is 1. The second-order valence-corrected chi connectivity index (χ2v) is 5.25. The van der Waals surface area contributed by atoms with E-state index in [1.807, 2.05) is 32.0 Å². The fourth-order valence-electron chi connectivity index (χ4n) is 1.55. The Labute approximate surface area is 131 Å². The fraction of sp³-hybridized carbons (Fsp3) is 0.200. The first-order chi connectivity index (χ1) is 10.0. The van der Waals surface area contributed by atoms with Gasteiger partial charge < -0.3 is 9.15 Å². The average Bonchev–Trinajstić information content (AvgIpc) is 2.86. The molecule has 110 valence electrons. The van der Waals surface area contributed by atoms with E-state index in [2.05, 4.69) is 26.5 Å². The molecule has 0 fully saturated rings. The minimum absolute atomic E-state index is 0.0955. The van der Waals surface area contributed by atoms with Crippen molar-refractivity contribution >= 4 is 28.1 Å². The van der Waals surface area contributed by atoms with E-state index in [0.29, 0.717) is 16.2 Å². The van der Waals surface area contributed by atoms with Crippen molar-refractivity contribution in [2.24, 2.45) is 5.10 Å². The molecule has 5 nitrogen and oxygen atoms in total. The number of carbonyl (C=O) groups excluding carboxylic acids is 1. The van der Waals surface area contributed by atoms with Gasteiger partial charge in [0.1, 0.15) is 11.5 Å². The SMILES string of the molecule is Cc1ccc(OCC(=O)N/N=C/c2ccc(Br)o2)cc1C. The molecule has 0 radical (unpaired) electrons. The van der Waals surface area contributed by atoms with Crippen LogP contribution in [0.1, 0.15) is 16.9 Å². The molecule has 0 bridgehead atoms. The molecule has 2 aromatic rings. The van der Waals surface area contributed by atoms with Crippen molar-refractivity contribution < 1.29 is 13.9 Å². The molecule has 0 saturated heterocycles. The number of ether oxygens (including phenoxy) is 1. The summed E-state index contributed by atoms with van der Waals surface area (Å²) in [6.07, 6.45) is 1.42. The zero-order valence-corrected chi connectivity index (χ0v) is 13.3. The Morgan fingerprint density at radius 3 is 2.81 bits per heavy atom. The highest BCUT2D eigenvalue weighted by atomic mass is 79.9. The van der Waals surface area contributed by atoms with Crippen LogP contribution < -0.4 is 10.2 Å². The van der Waals surface area contributed by atoms with Crippen LogP contribution in [0.4, 0.5) is 0 Å². The Balaban J connectivity index is 1.79. The van der Waals surface area contributed by atoms with Crippen molar-refractivity contribution in [1.82, 2.24) is 5.43 Å². The molecule has 6 heteroatoms. The number of furan rings is 1. The third-order valence-electron chi connectivity index (χ3n) is 2.82. The predicted octanol–water partition coefficient (Wildman–Crippen LogP) is 3.19. The van der Waals surface area contributed by atoms with Crippen LogP contribution in [-0.2, 0) is 4.79 Å². The molecule has 0 aliphatic heterocycles. The zero-order chi connectivity index (χ0) is 15.2. The van der Waals surface area contributed by atoms with E-state index in [1.165, 1.54) is 11.8 Å². The van der Waals surface area contributed by atoms with E-state index in [4.69, 9.17) is 9.15 Å². The lowest BCUT2D eigenvalue weighted by Gasteiger charge is -2.07. The quantitative estimate of drug-likeness (QED) is 0.665. The van der Waals surface area contributed by atoms with Gasteiger partial charge in [-0.3, -0.25) is 4.79 Å². The average molecular weight is 351 g/mol. The molecule has 0 spiro atoms. The summed E-state index contributed by atoms with van der Waals surface area (Å²) in [6.45, 7) is 3.92. The van der Waals surface area contributed by atoms with Crippen molar-refractivity contribution in [3.63, 3.8) is 0 Å². The van der Waals surface area contributed by atoms with E-state index in [1.54, 1.807) is 12.1 Å². The van der Waals surface area contributed by atoms with Gasteiger partial charge in [-0.1, -0.05) is 6.07 Å². The van der Waals surface area contributed by atoms with Crippen LogP contribution in [-0.4, -0.2) is 18.7 Å². The second kappa shape index (κ2) is 7.08. The maximum atomic E-state index is 11.6. The summed E-state index contributed by atoms with van der Waals surface area (Å²) < 4.78 is 11.2. The van der Waals surface area contributed by atoms with Crippen LogP contribution in [0, 0.1) is 13.8 Å². The van der Waals surface area contributed by atoms with Crippen LogP contribution >= 0.6 is 15.9 Å². The molecule has 0 unspecified atom stereocenters. The smallest absolute Gasteiger partial charge is 0.277 e. The number of hydrazone groups is 1. The molecule has 21 heavy (non-hydrogen) atoms.